The van der Waals surface area contributed by atoms with Gasteiger partial charge in [0.1, 0.15) is 11.6 Å². The first-order valence-corrected chi connectivity index (χ1v) is 7.01. The summed E-state index contributed by atoms with van der Waals surface area (Å²) in [6.07, 6.45) is 0.998. The van der Waals surface area contributed by atoms with E-state index in [0.717, 1.165) is 17.9 Å². The molecule has 0 saturated heterocycles. The van der Waals surface area contributed by atoms with Gasteiger partial charge in [-0.3, -0.25) is 0 Å². The Labute approximate surface area is 105 Å². The molecule has 0 aliphatic carbocycles. The van der Waals surface area contributed by atoms with Crippen LogP contribution in [0.2, 0.25) is 0 Å². The van der Waals surface area contributed by atoms with Gasteiger partial charge in [0.2, 0.25) is 0 Å². The Bertz CT molecular complexity index is 320. The van der Waals surface area contributed by atoms with Crippen LogP contribution in [0.15, 0.2) is 18.2 Å². The van der Waals surface area contributed by atoms with Gasteiger partial charge in [-0.1, -0.05) is 6.92 Å². The molecule has 0 radical (unpaired) electrons. The third-order valence-corrected chi connectivity index (χ3v) is 3.33. The molecule has 0 atom stereocenters. The van der Waals surface area contributed by atoms with Crippen LogP contribution in [0.5, 0.6) is 5.75 Å². The van der Waals surface area contributed by atoms with Crippen LogP contribution in [0.1, 0.15) is 18.9 Å². The summed E-state index contributed by atoms with van der Waals surface area (Å²) in [5.41, 5.74) is 0.713. The molecule has 0 aliphatic heterocycles. The Hall–Kier alpha value is -0.410. The zero-order valence-corrected chi connectivity index (χ0v) is 10.9. The van der Waals surface area contributed by atoms with Crippen LogP contribution in [0.25, 0.3) is 0 Å². The third kappa shape index (κ3) is 4.62. The van der Waals surface area contributed by atoms with Crippen LogP contribution in [0.4, 0.5) is 4.39 Å². The number of thioether (sulfide) groups is 1. The molecule has 0 aromatic heterocycles. The van der Waals surface area contributed by atoms with E-state index in [9.17, 15) is 4.39 Å². The van der Waals surface area contributed by atoms with Gasteiger partial charge in [0.15, 0.2) is 0 Å². The largest absolute Gasteiger partial charge is 0.493 e. The van der Waals surface area contributed by atoms with Crippen LogP contribution in [-0.2, 0) is 5.88 Å². The van der Waals surface area contributed by atoms with Crippen LogP contribution < -0.4 is 4.74 Å². The van der Waals surface area contributed by atoms with Crippen molar-refractivity contribution in [2.45, 2.75) is 19.2 Å². The zero-order valence-electron chi connectivity index (χ0n) is 9.34. The lowest BCUT2D eigenvalue weighted by atomic mass is 10.2. The summed E-state index contributed by atoms with van der Waals surface area (Å²) in [5, 5.41) is 0. The highest BCUT2D eigenvalue weighted by atomic mass is 35.5. The van der Waals surface area contributed by atoms with E-state index < -0.39 is 0 Å². The van der Waals surface area contributed by atoms with E-state index in [2.05, 4.69) is 6.92 Å². The number of ether oxygens (including phenoxy) is 1. The van der Waals surface area contributed by atoms with E-state index in [0.29, 0.717) is 17.9 Å². The minimum absolute atomic E-state index is 0.274. The second-order valence-corrected chi connectivity index (χ2v) is 4.95. The summed E-state index contributed by atoms with van der Waals surface area (Å²) in [6.45, 7) is 2.79. The molecule has 1 aromatic rings. The molecule has 0 bridgehead atoms. The summed E-state index contributed by atoms with van der Waals surface area (Å²) in [6, 6.07) is 4.45. The summed E-state index contributed by atoms with van der Waals surface area (Å²) in [5.74, 6) is 2.91. The summed E-state index contributed by atoms with van der Waals surface area (Å²) in [4.78, 5) is 0. The van der Waals surface area contributed by atoms with Crippen molar-refractivity contribution in [2.24, 2.45) is 0 Å². The summed E-state index contributed by atoms with van der Waals surface area (Å²) in [7, 11) is 0. The molecule has 0 saturated carbocycles. The monoisotopic (exact) mass is 262 g/mol. The number of halogens is 2. The molecule has 0 aliphatic rings. The van der Waals surface area contributed by atoms with E-state index in [1.54, 1.807) is 6.07 Å². The van der Waals surface area contributed by atoms with E-state index >= 15 is 0 Å². The average molecular weight is 263 g/mol. The van der Waals surface area contributed by atoms with Gasteiger partial charge in [0.25, 0.3) is 0 Å². The molecular formula is C12H16ClFOS. The molecule has 1 nitrogen and oxygen atoms in total. The highest BCUT2D eigenvalue weighted by molar-refractivity contribution is 7.99. The van der Waals surface area contributed by atoms with E-state index in [4.69, 9.17) is 16.3 Å². The van der Waals surface area contributed by atoms with Crippen molar-refractivity contribution in [3.8, 4) is 5.75 Å². The van der Waals surface area contributed by atoms with Crippen LogP contribution >= 0.6 is 23.4 Å². The maximum atomic E-state index is 12.9. The van der Waals surface area contributed by atoms with Gasteiger partial charge in [0, 0.05) is 5.56 Å². The molecule has 0 N–H and O–H groups in total. The third-order valence-electron chi connectivity index (χ3n) is 2.06. The first-order chi connectivity index (χ1) is 7.77. The quantitative estimate of drug-likeness (QED) is 0.541. The van der Waals surface area contributed by atoms with Crippen LogP contribution in [0.3, 0.4) is 0 Å². The molecule has 0 unspecified atom stereocenters. The van der Waals surface area contributed by atoms with Crippen molar-refractivity contribution in [3.05, 3.63) is 29.6 Å². The smallest absolute Gasteiger partial charge is 0.123 e. The number of benzene rings is 1. The van der Waals surface area contributed by atoms with Crippen LogP contribution in [-0.4, -0.2) is 18.1 Å². The van der Waals surface area contributed by atoms with Gasteiger partial charge in [-0.2, -0.15) is 11.8 Å². The predicted octanol–water partition coefficient (Wildman–Crippen LogP) is 4.09. The Balaban J connectivity index is 2.41. The van der Waals surface area contributed by atoms with Crippen molar-refractivity contribution in [1.29, 1.82) is 0 Å². The van der Waals surface area contributed by atoms with Crippen molar-refractivity contribution >= 4 is 23.4 Å². The van der Waals surface area contributed by atoms with Gasteiger partial charge in [-0.25, -0.2) is 4.39 Å². The molecule has 16 heavy (non-hydrogen) atoms. The van der Waals surface area contributed by atoms with E-state index in [1.165, 1.54) is 12.1 Å². The molecule has 4 heteroatoms. The Morgan fingerprint density at radius 1 is 1.44 bits per heavy atom. The minimum Gasteiger partial charge on any atom is -0.493 e. The fourth-order valence-corrected chi connectivity index (χ4v) is 2.10. The van der Waals surface area contributed by atoms with E-state index in [1.807, 2.05) is 11.8 Å². The average Bonchev–Trinajstić information content (AvgIpc) is 2.30. The Morgan fingerprint density at radius 3 is 2.94 bits per heavy atom. The fraction of sp³-hybridized carbons (Fsp3) is 0.500. The van der Waals surface area contributed by atoms with Gasteiger partial charge >= 0.3 is 0 Å². The van der Waals surface area contributed by atoms with Gasteiger partial charge < -0.3 is 4.74 Å². The summed E-state index contributed by atoms with van der Waals surface area (Å²) >= 11 is 7.61. The maximum Gasteiger partial charge on any atom is 0.123 e. The number of hydrogen-bond acceptors (Lipinski definition) is 2. The highest BCUT2D eigenvalue weighted by Gasteiger charge is 2.04. The van der Waals surface area contributed by atoms with Gasteiger partial charge in [0.05, 0.1) is 12.5 Å². The lowest BCUT2D eigenvalue weighted by molar-refractivity contribution is 0.316. The maximum absolute atomic E-state index is 12.9. The van der Waals surface area contributed by atoms with Gasteiger partial charge in [-0.05, 0) is 36.1 Å². The predicted molar refractivity (Wildman–Crippen MR) is 69.1 cm³/mol. The molecule has 1 aromatic carbocycles. The first kappa shape index (κ1) is 13.7. The molecule has 90 valence electrons. The second kappa shape index (κ2) is 7.80. The van der Waals surface area contributed by atoms with E-state index in [-0.39, 0.29) is 11.7 Å². The van der Waals surface area contributed by atoms with Crippen molar-refractivity contribution in [2.75, 3.05) is 18.1 Å². The number of hydrogen-bond donors (Lipinski definition) is 0. The number of rotatable bonds is 7. The summed E-state index contributed by atoms with van der Waals surface area (Å²) < 4.78 is 18.5. The zero-order chi connectivity index (χ0) is 11.8. The molecule has 0 heterocycles. The minimum atomic E-state index is -0.274. The fourth-order valence-electron chi connectivity index (χ4n) is 1.28. The molecular weight excluding hydrogens is 247 g/mol. The lowest BCUT2D eigenvalue weighted by Gasteiger charge is -2.09. The van der Waals surface area contributed by atoms with Crippen molar-refractivity contribution in [3.63, 3.8) is 0 Å². The SMILES string of the molecule is CCSCCCOc1ccc(F)cc1CCl. The topological polar surface area (TPSA) is 9.23 Å². The second-order valence-electron chi connectivity index (χ2n) is 3.28. The first-order valence-electron chi connectivity index (χ1n) is 5.33. The highest BCUT2D eigenvalue weighted by Crippen LogP contribution is 2.21. The normalized spacial score (nSPS) is 10.4. The lowest BCUT2D eigenvalue weighted by Crippen LogP contribution is -2.01. The molecule has 0 spiro atoms. The molecule has 0 amide bonds. The molecule has 1 rings (SSSR count). The number of alkyl halides is 1. The Morgan fingerprint density at radius 2 is 2.25 bits per heavy atom. The van der Waals surface area contributed by atoms with Crippen LogP contribution in [0, 0.1) is 5.82 Å². The standard InChI is InChI=1S/C12H16ClFOS/c1-2-16-7-3-6-15-12-5-4-11(14)8-10(12)9-13/h4-5,8H,2-3,6-7,9H2,1H3. The van der Waals surface area contributed by atoms with Crippen molar-refractivity contribution < 1.29 is 9.13 Å². The van der Waals surface area contributed by atoms with Crippen molar-refractivity contribution in [1.82, 2.24) is 0 Å². The Kier molecular flexibility index (Phi) is 6.65. The van der Waals surface area contributed by atoms with Gasteiger partial charge in [-0.15, -0.1) is 11.6 Å². The molecule has 0 fully saturated rings.